The van der Waals surface area contributed by atoms with Crippen LogP contribution in [0.15, 0.2) is 0 Å². The van der Waals surface area contributed by atoms with E-state index in [1.165, 1.54) is 16.7 Å². The minimum Gasteiger partial charge on any atom is -0.481 e. The van der Waals surface area contributed by atoms with E-state index < -0.39 is 53.8 Å². The number of amides is 3. The number of hydrogen-bond donors (Lipinski definition) is 5. The summed E-state index contributed by atoms with van der Waals surface area (Å²) in [4.78, 5) is 61.8. The Kier molecular flexibility index (Phi) is 11.5. The first kappa shape index (κ1) is 27.7. The van der Waals surface area contributed by atoms with Crippen molar-refractivity contribution in [2.24, 2.45) is 11.7 Å². The van der Waals surface area contributed by atoms with Gasteiger partial charge >= 0.3 is 11.9 Å². The van der Waals surface area contributed by atoms with E-state index in [0.29, 0.717) is 25.1 Å². The Morgan fingerprint density at radius 3 is 2.28 bits per heavy atom. The van der Waals surface area contributed by atoms with Gasteiger partial charge in [-0.3, -0.25) is 19.2 Å². The van der Waals surface area contributed by atoms with Crippen molar-refractivity contribution in [2.45, 2.75) is 70.1 Å². The number of hydrogen-bond acceptors (Lipinski definition) is 7. The van der Waals surface area contributed by atoms with E-state index in [-0.39, 0.29) is 25.2 Å². The van der Waals surface area contributed by atoms with Gasteiger partial charge in [-0.1, -0.05) is 13.8 Å². The summed E-state index contributed by atoms with van der Waals surface area (Å²) in [7, 11) is 0. The van der Waals surface area contributed by atoms with E-state index in [0.717, 1.165) is 0 Å². The minimum atomic E-state index is -1.08. The maximum absolute atomic E-state index is 13.0. The molecule has 182 valence electrons. The summed E-state index contributed by atoms with van der Waals surface area (Å²) >= 11 is 1.47. The molecule has 1 fully saturated rings. The van der Waals surface area contributed by atoms with Crippen LogP contribution in [0.5, 0.6) is 0 Å². The second-order valence-corrected chi connectivity index (χ2v) is 9.13. The fourth-order valence-electron chi connectivity index (χ4n) is 3.43. The van der Waals surface area contributed by atoms with E-state index in [9.17, 15) is 29.1 Å². The van der Waals surface area contributed by atoms with Crippen molar-refractivity contribution in [3.63, 3.8) is 0 Å². The number of likely N-dealkylation sites (tertiary alicyclic amines) is 1. The molecule has 4 unspecified atom stereocenters. The highest BCUT2D eigenvalue weighted by Gasteiger charge is 2.39. The number of rotatable bonds is 13. The monoisotopic (exact) mass is 474 g/mol. The number of nitrogens with one attached hydrogen (secondary N) is 2. The van der Waals surface area contributed by atoms with Crippen molar-refractivity contribution in [1.29, 1.82) is 0 Å². The number of carbonyl (C=O) groups is 5. The number of carboxylic acids is 2. The smallest absolute Gasteiger partial charge is 0.326 e. The maximum Gasteiger partial charge on any atom is 0.326 e. The van der Waals surface area contributed by atoms with Gasteiger partial charge in [-0.15, -0.1) is 0 Å². The van der Waals surface area contributed by atoms with E-state index in [4.69, 9.17) is 10.8 Å². The first-order valence-corrected chi connectivity index (χ1v) is 12.0. The molecule has 0 spiro atoms. The zero-order valence-electron chi connectivity index (χ0n) is 18.7. The molecule has 4 atom stereocenters. The van der Waals surface area contributed by atoms with Crippen LogP contribution < -0.4 is 16.4 Å². The predicted octanol–water partition coefficient (Wildman–Crippen LogP) is -0.367. The summed E-state index contributed by atoms with van der Waals surface area (Å²) in [5.41, 5.74) is 5.74. The zero-order valence-corrected chi connectivity index (χ0v) is 19.5. The van der Waals surface area contributed by atoms with Gasteiger partial charge in [0.2, 0.25) is 17.7 Å². The maximum atomic E-state index is 13.0. The third kappa shape index (κ3) is 8.30. The van der Waals surface area contributed by atoms with Crippen molar-refractivity contribution >= 4 is 41.4 Å². The highest BCUT2D eigenvalue weighted by Crippen LogP contribution is 2.20. The summed E-state index contributed by atoms with van der Waals surface area (Å²) < 4.78 is 0. The van der Waals surface area contributed by atoms with Gasteiger partial charge < -0.3 is 31.5 Å². The zero-order chi connectivity index (χ0) is 24.4. The van der Waals surface area contributed by atoms with E-state index in [1.54, 1.807) is 13.8 Å². The van der Waals surface area contributed by atoms with Crippen LogP contribution in [-0.4, -0.2) is 87.5 Å². The van der Waals surface area contributed by atoms with Crippen LogP contribution in [0, 0.1) is 5.92 Å². The van der Waals surface area contributed by atoms with Gasteiger partial charge in [-0.05, 0) is 43.6 Å². The number of nitrogens with zero attached hydrogens (tertiary/aromatic N) is 1. The summed E-state index contributed by atoms with van der Waals surface area (Å²) in [6, 6.07) is -3.91. The molecule has 0 saturated carbocycles. The van der Waals surface area contributed by atoms with Crippen molar-refractivity contribution in [3.8, 4) is 0 Å². The molecule has 0 aliphatic carbocycles. The van der Waals surface area contributed by atoms with Gasteiger partial charge in [0, 0.05) is 13.0 Å². The van der Waals surface area contributed by atoms with Crippen LogP contribution in [0.25, 0.3) is 0 Å². The number of nitrogens with two attached hydrogens (primary N) is 1. The third-order valence-corrected chi connectivity index (χ3v) is 5.94. The standard InChI is InChI=1S/C20H34N4O7S/c1-11(2)16(19(29)24-9-4-5-14(24)20(30)31)23-18(28)13(8-10-32-3)22-17(27)12(21)6-7-15(25)26/h11-14,16H,4-10,21H2,1-3H3,(H,22,27)(H,23,28)(H,25,26)(H,30,31). The molecule has 1 rings (SSSR count). The lowest BCUT2D eigenvalue weighted by atomic mass is 10.0. The fraction of sp³-hybridized carbons (Fsp3) is 0.750. The van der Waals surface area contributed by atoms with E-state index >= 15 is 0 Å². The largest absolute Gasteiger partial charge is 0.481 e. The Balaban J connectivity index is 2.90. The lowest BCUT2D eigenvalue weighted by molar-refractivity contribution is -0.150. The molecule has 1 saturated heterocycles. The Morgan fingerprint density at radius 2 is 1.75 bits per heavy atom. The molecular weight excluding hydrogens is 440 g/mol. The molecule has 3 amide bonds. The van der Waals surface area contributed by atoms with E-state index in [2.05, 4.69) is 10.6 Å². The molecule has 0 aromatic heterocycles. The lowest BCUT2D eigenvalue weighted by Gasteiger charge is -2.30. The topological polar surface area (TPSA) is 179 Å². The van der Waals surface area contributed by atoms with Crippen molar-refractivity contribution < 1.29 is 34.2 Å². The molecule has 1 aliphatic heterocycles. The SMILES string of the molecule is CSCCC(NC(=O)C(N)CCC(=O)O)C(=O)NC(C(=O)N1CCCC1C(=O)O)C(C)C. The van der Waals surface area contributed by atoms with Gasteiger partial charge in [0.15, 0.2) is 0 Å². The molecule has 0 bridgehead atoms. The summed E-state index contributed by atoms with van der Waals surface area (Å²) in [6.45, 7) is 3.79. The van der Waals surface area contributed by atoms with Crippen LogP contribution >= 0.6 is 11.8 Å². The second kappa shape index (κ2) is 13.3. The quantitative estimate of drug-likeness (QED) is 0.238. The molecule has 11 nitrogen and oxygen atoms in total. The molecular formula is C20H34N4O7S. The van der Waals surface area contributed by atoms with Crippen LogP contribution in [0.4, 0.5) is 0 Å². The Hall–Kier alpha value is -2.34. The van der Waals surface area contributed by atoms with Crippen LogP contribution in [-0.2, 0) is 24.0 Å². The molecule has 0 radical (unpaired) electrons. The van der Waals surface area contributed by atoms with Gasteiger partial charge in [-0.25, -0.2) is 4.79 Å². The van der Waals surface area contributed by atoms with Crippen LogP contribution in [0.1, 0.15) is 46.0 Å². The first-order valence-electron chi connectivity index (χ1n) is 10.6. The number of carbonyl (C=O) groups excluding carboxylic acids is 3. The van der Waals surface area contributed by atoms with Gasteiger partial charge in [-0.2, -0.15) is 11.8 Å². The summed E-state index contributed by atoms with van der Waals surface area (Å²) in [6.07, 6.45) is 2.71. The highest BCUT2D eigenvalue weighted by molar-refractivity contribution is 7.98. The molecule has 1 aliphatic rings. The van der Waals surface area contributed by atoms with Crippen molar-refractivity contribution in [1.82, 2.24) is 15.5 Å². The number of carboxylic acid groups (broad SMARTS) is 2. The fourth-order valence-corrected chi connectivity index (χ4v) is 3.90. The predicted molar refractivity (Wildman–Crippen MR) is 119 cm³/mol. The van der Waals surface area contributed by atoms with Gasteiger partial charge in [0.1, 0.15) is 18.1 Å². The molecule has 32 heavy (non-hydrogen) atoms. The lowest BCUT2D eigenvalue weighted by Crippen LogP contribution is -2.58. The van der Waals surface area contributed by atoms with Crippen LogP contribution in [0.2, 0.25) is 0 Å². The van der Waals surface area contributed by atoms with Crippen molar-refractivity contribution in [2.75, 3.05) is 18.6 Å². The van der Waals surface area contributed by atoms with Crippen molar-refractivity contribution in [3.05, 3.63) is 0 Å². The Bertz CT molecular complexity index is 703. The molecule has 0 aromatic rings. The second-order valence-electron chi connectivity index (χ2n) is 8.14. The normalized spacial score (nSPS) is 18.7. The van der Waals surface area contributed by atoms with Crippen LogP contribution in [0.3, 0.4) is 0 Å². The van der Waals surface area contributed by atoms with Gasteiger partial charge in [0.25, 0.3) is 0 Å². The molecule has 6 N–H and O–H groups in total. The first-order chi connectivity index (χ1) is 15.0. The number of thioether (sulfide) groups is 1. The average Bonchev–Trinajstić information content (AvgIpc) is 3.22. The highest BCUT2D eigenvalue weighted by atomic mass is 32.2. The minimum absolute atomic E-state index is 0.0727. The average molecular weight is 475 g/mol. The number of aliphatic carboxylic acids is 2. The molecule has 0 aromatic carbocycles. The Labute approximate surface area is 191 Å². The third-order valence-electron chi connectivity index (χ3n) is 5.30. The molecule has 1 heterocycles. The van der Waals surface area contributed by atoms with Gasteiger partial charge in [0.05, 0.1) is 6.04 Å². The summed E-state index contributed by atoms with van der Waals surface area (Å²) in [5, 5.41) is 23.3. The van der Waals surface area contributed by atoms with E-state index in [1.807, 2.05) is 6.26 Å². The summed E-state index contributed by atoms with van der Waals surface area (Å²) in [5.74, 6) is -3.60. The Morgan fingerprint density at radius 1 is 1.09 bits per heavy atom. The molecule has 12 heteroatoms.